The lowest BCUT2D eigenvalue weighted by atomic mass is 10.1. The number of fused-ring (bicyclic) bond motifs is 1. The molecule has 2 aromatic heterocycles. The monoisotopic (exact) mass is 433 g/mol. The van der Waals surface area contributed by atoms with Gasteiger partial charge in [0.15, 0.2) is 5.13 Å². The Kier molecular flexibility index (Phi) is 5.88. The van der Waals surface area contributed by atoms with Crippen LogP contribution in [0.5, 0.6) is 0 Å². The fourth-order valence-electron chi connectivity index (χ4n) is 3.35. The first-order valence-electron chi connectivity index (χ1n) is 9.71. The van der Waals surface area contributed by atoms with Crippen LogP contribution in [0.25, 0.3) is 22.2 Å². The first kappa shape index (κ1) is 20.6. The number of aromatic nitrogens is 2. The predicted molar refractivity (Wildman–Crippen MR) is 128 cm³/mol. The van der Waals surface area contributed by atoms with Gasteiger partial charge in [0, 0.05) is 23.4 Å². The van der Waals surface area contributed by atoms with Crippen molar-refractivity contribution in [3.8, 4) is 11.3 Å². The zero-order valence-electron chi connectivity index (χ0n) is 17.5. The van der Waals surface area contributed by atoms with Gasteiger partial charge >= 0.3 is 0 Å². The molecule has 0 N–H and O–H groups in total. The molecular weight excluding hydrogens is 410 g/mol. The molecular formula is C24H23N3OS2. The SMILES string of the molecule is Cc1cc(C)c2cc(C)c(SCC(=O)N(C)c3nc(-c4ccccc4)cs3)nc2c1. The van der Waals surface area contributed by atoms with Gasteiger partial charge < -0.3 is 0 Å². The zero-order valence-corrected chi connectivity index (χ0v) is 19.1. The zero-order chi connectivity index (χ0) is 21.3. The molecule has 0 atom stereocenters. The number of aryl methyl sites for hydroxylation is 3. The lowest BCUT2D eigenvalue weighted by Gasteiger charge is -2.14. The molecule has 0 spiro atoms. The van der Waals surface area contributed by atoms with Crippen LogP contribution in [-0.4, -0.2) is 28.7 Å². The Labute approximate surface area is 185 Å². The van der Waals surface area contributed by atoms with Gasteiger partial charge in [-0.3, -0.25) is 9.69 Å². The molecule has 30 heavy (non-hydrogen) atoms. The highest BCUT2D eigenvalue weighted by Gasteiger charge is 2.17. The van der Waals surface area contributed by atoms with Crippen LogP contribution in [0.2, 0.25) is 0 Å². The third kappa shape index (κ3) is 4.25. The number of pyridine rings is 1. The van der Waals surface area contributed by atoms with E-state index in [-0.39, 0.29) is 5.91 Å². The van der Waals surface area contributed by atoms with E-state index in [4.69, 9.17) is 4.98 Å². The maximum atomic E-state index is 12.8. The van der Waals surface area contributed by atoms with Gasteiger partial charge in [-0.2, -0.15) is 0 Å². The Hall–Kier alpha value is -2.70. The van der Waals surface area contributed by atoms with E-state index in [1.807, 2.05) is 35.7 Å². The smallest absolute Gasteiger partial charge is 0.238 e. The van der Waals surface area contributed by atoms with Crippen LogP contribution < -0.4 is 4.90 Å². The van der Waals surface area contributed by atoms with E-state index >= 15 is 0 Å². The average Bonchev–Trinajstić information content (AvgIpc) is 3.23. The highest BCUT2D eigenvalue weighted by atomic mass is 32.2. The number of carbonyl (C=O) groups excluding carboxylic acids is 1. The van der Waals surface area contributed by atoms with Gasteiger partial charge in [-0.15, -0.1) is 11.3 Å². The van der Waals surface area contributed by atoms with E-state index in [0.717, 1.165) is 27.4 Å². The topological polar surface area (TPSA) is 46.1 Å². The van der Waals surface area contributed by atoms with Crippen molar-refractivity contribution in [2.24, 2.45) is 0 Å². The molecule has 4 aromatic rings. The number of carbonyl (C=O) groups is 1. The largest absolute Gasteiger partial charge is 0.291 e. The Bertz CT molecular complexity index is 1220. The van der Waals surface area contributed by atoms with E-state index in [1.54, 1.807) is 11.9 Å². The second-order valence-corrected chi connectivity index (χ2v) is 9.18. The molecule has 0 aliphatic rings. The number of nitrogens with zero attached hydrogens (tertiary/aromatic N) is 3. The molecule has 2 aromatic carbocycles. The fourth-order valence-corrected chi connectivity index (χ4v) is 5.07. The van der Waals surface area contributed by atoms with Crippen molar-refractivity contribution in [1.29, 1.82) is 0 Å². The van der Waals surface area contributed by atoms with Crippen molar-refractivity contribution in [3.63, 3.8) is 0 Å². The summed E-state index contributed by atoms with van der Waals surface area (Å²) in [7, 11) is 1.78. The maximum Gasteiger partial charge on any atom is 0.238 e. The predicted octanol–water partition coefficient (Wildman–Crippen LogP) is 6.04. The molecule has 4 rings (SSSR count). The number of thiazole rings is 1. The molecule has 0 unspecified atom stereocenters. The second kappa shape index (κ2) is 8.58. The quantitative estimate of drug-likeness (QED) is 0.360. The molecule has 0 saturated heterocycles. The molecule has 2 heterocycles. The summed E-state index contributed by atoms with van der Waals surface area (Å²) < 4.78 is 0. The minimum Gasteiger partial charge on any atom is -0.291 e. The van der Waals surface area contributed by atoms with E-state index in [9.17, 15) is 4.79 Å². The number of anilines is 1. The van der Waals surface area contributed by atoms with E-state index in [1.165, 1.54) is 39.6 Å². The van der Waals surface area contributed by atoms with Crippen LogP contribution in [0, 0.1) is 20.8 Å². The molecule has 0 bridgehead atoms. The van der Waals surface area contributed by atoms with Crippen molar-refractivity contribution in [2.45, 2.75) is 25.8 Å². The molecule has 152 valence electrons. The van der Waals surface area contributed by atoms with Crippen molar-refractivity contribution in [1.82, 2.24) is 9.97 Å². The fraction of sp³-hybridized carbons (Fsp3) is 0.208. The minimum absolute atomic E-state index is 0.00989. The van der Waals surface area contributed by atoms with Crippen molar-refractivity contribution >= 4 is 45.0 Å². The molecule has 0 radical (unpaired) electrons. The summed E-state index contributed by atoms with van der Waals surface area (Å²) >= 11 is 2.96. The van der Waals surface area contributed by atoms with Crippen molar-refractivity contribution < 1.29 is 4.79 Å². The van der Waals surface area contributed by atoms with Crippen LogP contribution >= 0.6 is 23.1 Å². The molecule has 0 aliphatic carbocycles. The first-order chi connectivity index (χ1) is 14.4. The normalized spacial score (nSPS) is 11.1. The van der Waals surface area contributed by atoms with Gasteiger partial charge in [0.2, 0.25) is 5.91 Å². The third-order valence-corrected chi connectivity index (χ3v) is 6.98. The highest BCUT2D eigenvalue weighted by molar-refractivity contribution is 8.00. The third-order valence-electron chi connectivity index (χ3n) is 4.98. The van der Waals surface area contributed by atoms with E-state index in [0.29, 0.717) is 10.9 Å². The summed E-state index contributed by atoms with van der Waals surface area (Å²) in [5.41, 5.74) is 6.44. The molecule has 4 nitrogen and oxygen atoms in total. The van der Waals surface area contributed by atoms with Crippen LogP contribution in [0.15, 0.2) is 58.9 Å². The van der Waals surface area contributed by atoms with Gasteiger partial charge in [-0.1, -0.05) is 48.2 Å². The Morgan fingerprint density at radius 1 is 1.03 bits per heavy atom. The molecule has 1 amide bonds. The van der Waals surface area contributed by atoms with Crippen LogP contribution in [0.3, 0.4) is 0 Å². The molecule has 0 fully saturated rings. The summed E-state index contributed by atoms with van der Waals surface area (Å²) in [5.74, 6) is 0.330. The van der Waals surface area contributed by atoms with Gasteiger partial charge in [0.05, 0.1) is 17.0 Å². The number of amides is 1. The summed E-state index contributed by atoms with van der Waals surface area (Å²) in [6.07, 6.45) is 0. The maximum absolute atomic E-state index is 12.8. The van der Waals surface area contributed by atoms with Crippen molar-refractivity contribution in [3.05, 3.63) is 70.6 Å². The van der Waals surface area contributed by atoms with Crippen molar-refractivity contribution in [2.75, 3.05) is 17.7 Å². The number of benzene rings is 2. The van der Waals surface area contributed by atoms with Gasteiger partial charge in [-0.25, -0.2) is 9.97 Å². The first-order valence-corrected chi connectivity index (χ1v) is 11.6. The summed E-state index contributed by atoms with van der Waals surface area (Å²) in [6.45, 7) is 6.24. The number of hydrogen-bond acceptors (Lipinski definition) is 5. The second-order valence-electron chi connectivity index (χ2n) is 7.38. The number of hydrogen-bond donors (Lipinski definition) is 0. The Balaban J connectivity index is 1.48. The number of thioether (sulfide) groups is 1. The van der Waals surface area contributed by atoms with Crippen LogP contribution in [0.4, 0.5) is 5.13 Å². The summed E-state index contributed by atoms with van der Waals surface area (Å²) in [5, 5.41) is 4.76. The summed E-state index contributed by atoms with van der Waals surface area (Å²) in [4.78, 5) is 23.9. The highest BCUT2D eigenvalue weighted by Crippen LogP contribution is 2.29. The standard InChI is InChI=1S/C24H23N3OS2/c1-15-10-16(2)19-12-17(3)23(25-20(19)11-15)29-14-22(28)27(4)24-26-21(13-30-24)18-8-6-5-7-9-18/h5-13H,14H2,1-4H3. The minimum atomic E-state index is 0.00989. The Morgan fingerprint density at radius 3 is 2.57 bits per heavy atom. The lowest BCUT2D eigenvalue weighted by Crippen LogP contribution is -2.27. The van der Waals surface area contributed by atoms with Gasteiger partial charge in [0.1, 0.15) is 5.03 Å². The van der Waals surface area contributed by atoms with Gasteiger partial charge in [-0.05, 0) is 49.6 Å². The number of rotatable bonds is 5. The molecule has 0 saturated carbocycles. The summed E-state index contributed by atoms with van der Waals surface area (Å²) in [6, 6.07) is 16.4. The Morgan fingerprint density at radius 2 is 1.80 bits per heavy atom. The van der Waals surface area contributed by atoms with E-state index in [2.05, 4.69) is 44.0 Å². The van der Waals surface area contributed by atoms with Crippen LogP contribution in [0.1, 0.15) is 16.7 Å². The molecule has 0 aliphatic heterocycles. The van der Waals surface area contributed by atoms with Crippen LogP contribution in [-0.2, 0) is 4.79 Å². The van der Waals surface area contributed by atoms with Gasteiger partial charge in [0.25, 0.3) is 0 Å². The molecule has 6 heteroatoms. The average molecular weight is 434 g/mol. The van der Waals surface area contributed by atoms with E-state index < -0.39 is 0 Å². The lowest BCUT2D eigenvalue weighted by molar-refractivity contribution is -0.115.